The number of anilines is 1. The van der Waals surface area contributed by atoms with Crippen LogP contribution in [0.5, 0.6) is 0 Å². The minimum atomic E-state index is -0.398. The molecule has 0 saturated carbocycles. The third-order valence-electron chi connectivity index (χ3n) is 4.51. The van der Waals surface area contributed by atoms with Crippen LogP contribution < -0.4 is 4.90 Å². The van der Waals surface area contributed by atoms with Crippen molar-refractivity contribution in [3.05, 3.63) is 62.6 Å². The highest BCUT2D eigenvalue weighted by Crippen LogP contribution is 2.32. The maximum absolute atomic E-state index is 12.7. The van der Waals surface area contributed by atoms with Crippen LogP contribution in [0.3, 0.4) is 0 Å². The highest BCUT2D eigenvalue weighted by molar-refractivity contribution is 9.10. The summed E-state index contributed by atoms with van der Waals surface area (Å²) in [5, 5.41) is 11.8. The standard InChI is InChI=1S/C18H15BrN4O3S/c19-14-4-2-1-3-13(14)17(24)21-7-9-22(10-8-21)18-20-15-6-5-12(23(25)26)11-16(15)27-18/h1-6,11H,7-10H2. The molecule has 1 amide bonds. The van der Waals surface area contributed by atoms with Gasteiger partial charge in [-0.1, -0.05) is 23.5 Å². The van der Waals surface area contributed by atoms with E-state index in [-0.39, 0.29) is 11.6 Å². The maximum Gasteiger partial charge on any atom is 0.270 e. The molecule has 1 fully saturated rings. The monoisotopic (exact) mass is 446 g/mol. The van der Waals surface area contributed by atoms with Crippen molar-refractivity contribution < 1.29 is 9.72 Å². The Bertz CT molecular complexity index is 1030. The molecular formula is C18H15BrN4O3S. The average molecular weight is 447 g/mol. The molecule has 0 atom stereocenters. The number of carbonyl (C=O) groups excluding carboxylic acids is 1. The molecule has 2 heterocycles. The zero-order valence-electron chi connectivity index (χ0n) is 14.2. The third-order valence-corrected chi connectivity index (χ3v) is 6.28. The van der Waals surface area contributed by atoms with E-state index in [4.69, 9.17) is 0 Å². The van der Waals surface area contributed by atoms with Gasteiger partial charge in [0.15, 0.2) is 5.13 Å². The van der Waals surface area contributed by atoms with Crippen molar-refractivity contribution in [1.82, 2.24) is 9.88 Å². The minimum absolute atomic E-state index is 0.0158. The number of fused-ring (bicyclic) bond motifs is 1. The molecule has 0 aliphatic carbocycles. The lowest BCUT2D eigenvalue weighted by atomic mass is 10.2. The zero-order chi connectivity index (χ0) is 19.0. The number of nitro benzene ring substituents is 1. The maximum atomic E-state index is 12.7. The van der Waals surface area contributed by atoms with E-state index < -0.39 is 4.92 Å². The Balaban J connectivity index is 1.47. The molecule has 0 N–H and O–H groups in total. The van der Waals surface area contributed by atoms with E-state index in [0.717, 1.165) is 19.8 Å². The summed E-state index contributed by atoms with van der Waals surface area (Å²) in [4.78, 5) is 31.8. The SMILES string of the molecule is O=C(c1ccccc1Br)N1CCN(c2nc3ccc([N+](=O)[O-])cc3s2)CC1. The van der Waals surface area contributed by atoms with Gasteiger partial charge in [0.05, 0.1) is 20.7 Å². The lowest BCUT2D eigenvalue weighted by Gasteiger charge is -2.34. The summed E-state index contributed by atoms with van der Waals surface area (Å²) in [6, 6.07) is 12.1. The fourth-order valence-electron chi connectivity index (χ4n) is 3.06. The Kier molecular flexibility index (Phi) is 4.79. The third kappa shape index (κ3) is 3.52. The first-order chi connectivity index (χ1) is 13.0. The summed E-state index contributed by atoms with van der Waals surface area (Å²) in [7, 11) is 0. The highest BCUT2D eigenvalue weighted by atomic mass is 79.9. The molecular weight excluding hydrogens is 432 g/mol. The van der Waals surface area contributed by atoms with Crippen molar-refractivity contribution in [3.63, 3.8) is 0 Å². The van der Waals surface area contributed by atoms with Crippen molar-refractivity contribution in [1.29, 1.82) is 0 Å². The number of amides is 1. The van der Waals surface area contributed by atoms with Crippen molar-refractivity contribution in [2.24, 2.45) is 0 Å². The number of rotatable bonds is 3. The van der Waals surface area contributed by atoms with Gasteiger partial charge in [-0.3, -0.25) is 14.9 Å². The summed E-state index contributed by atoms with van der Waals surface area (Å²) in [5.41, 5.74) is 1.49. The van der Waals surface area contributed by atoms with E-state index in [2.05, 4.69) is 25.8 Å². The van der Waals surface area contributed by atoms with Crippen LogP contribution in [0.1, 0.15) is 10.4 Å². The highest BCUT2D eigenvalue weighted by Gasteiger charge is 2.25. The summed E-state index contributed by atoms with van der Waals surface area (Å²) >= 11 is 4.88. The molecule has 9 heteroatoms. The second-order valence-corrected chi connectivity index (χ2v) is 8.03. The van der Waals surface area contributed by atoms with Gasteiger partial charge < -0.3 is 9.80 Å². The molecule has 0 unspecified atom stereocenters. The molecule has 0 spiro atoms. The number of carbonyl (C=O) groups is 1. The van der Waals surface area contributed by atoms with Crippen molar-refractivity contribution in [2.75, 3.05) is 31.1 Å². The Labute approximate surface area is 167 Å². The smallest absolute Gasteiger partial charge is 0.270 e. The molecule has 0 radical (unpaired) electrons. The molecule has 1 saturated heterocycles. The van der Waals surface area contributed by atoms with Gasteiger partial charge in [0.25, 0.3) is 11.6 Å². The van der Waals surface area contributed by atoms with E-state index >= 15 is 0 Å². The Morgan fingerprint density at radius 1 is 1.15 bits per heavy atom. The van der Waals surface area contributed by atoms with E-state index in [9.17, 15) is 14.9 Å². The number of benzene rings is 2. The molecule has 2 aromatic carbocycles. The van der Waals surface area contributed by atoms with Gasteiger partial charge >= 0.3 is 0 Å². The molecule has 3 aromatic rings. The number of hydrogen-bond acceptors (Lipinski definition) is 6. The molecule has 138 valence electrons. The number of non-ortho nitro benzene ring substituents is 1. The second kappa shape index (κ2) is 7.24. The topological polar surface area (TPSA) is 79.6 Å². The number of piperazine rings is 1. The van der Waals surface area contributed by atoms with E-state index in [1.165, 1.54) is 17.4 Å². The Morgan fingerprint density at radius 3 is 2.59 bits per heavy atom. The van der Waals surface area contributed by atoms with Crippen LogP contribution in [0.15, 0.2) is 46.9 Å². The van der Waals surface area contributed by atoms with Gasteiger partial charge in [-0.15, -0.1) is 0 Å². The second-order valence-electron chi connectivity index (χ2n) is 6.16. The largest absolute Gasteiger partial charge is 0.345 e. The van der Waals surface area contributed by atoms with Crippen LogP contribution in [0.4, 0.5) is 10.8 Å². The molecule has 27 heavy (non-hydrogen) atoms. The predicted octanol–water partition coefficient (Wildman–Crippen LogP) is 3.93. The number of halogens is 1. The normalized spacial score (nSPS) is 14.6. The summed E-state index contributed by atoms with van der Waals surface area (Å²) < 4.78 is 1.59. The van der Waals surface area contributed by atoms with Crippen LogP contribution in [0, 0.1) is 10.1 Å². The number of nitrogens with zero attached hydrogens (tertiary/aromatic N) is 4. The van der Waals surface area contributed by atoms with E-state index in [1.807, 2.05) is 29.2 Å². The Hall–Kier alpha value is -2.52. The summed E-state index contributed by atoms with van der Waals surface area (Å²) in [6.07, 6.45) is 0. The summed E-state index contributed by atoms with van der Waals surface area (Å²) in [6.45, 7) is 2.57. The van der Waals surface area contributed by atoms with Crippen LogP contribution in [-0.2, 0) is 0 Å². The predicted molar refractivity (Wildman–Crippen MR) is 109 cm³/mol. The van der Waals surface area contributed by atoms with Gasteiger partial charge in [0, 0.05) is 42.8 Å². The Morgan fingerprint density at radius 2 is 1.89 bits per heavy atom. The number of aromatic nitrogens is 1. The molecule has 1 aliphatic rings. The van der Waals surface area contributed by atoms with Gasteiger partial charge in [-0.05, 0) is 34.1 Å². The van der Waals surface area contributed by atoms with Crippen LogP contribution in [-0.4, -0.2) is 46.9 Å². The minimum Gasteiger partial charge on any atom is -0.345 e. The average Bonchev–Trinajstić information content (AvgIpc) is 3.11. The lowest BCUT2D eigenvalue weighted by molar-refractivity contribution is -0.384. The van der Waals surface area contributed by atoms with Crippen molar-refractivity contribution in [2.45, 2.75) is 0 Å². The quantitative estimate of drug-likeness (QED) is 0.449. The fourth-order valence-corrected chi connectivity index (χ4v) is 4.56. The molecule has 4 rings (SSSR count). The van der Waals surface area contributed by atoms with E-state index in [0.29, 0.717) is 31.7 Å². The van der Waals surface area contributed by atoms with Crippen LogP contribution >= 0.6 is 27.3 Å². The van der Waals surface area contributed by atoms with Gasteiger partial charge in [0.1, 0.15) is 0 Å². The molecule has 1 aliphatic heterocycles. The number of thiazole rings is 1. The number of hydrogen-bond donors (Lipinski definition) is 0. The van der Waals surface area contributed by atoms with Gasteiger partial charge in [0.2, 0.25) is 0 Å². The number of nitro groups is 1. The first kappa shape index (κ1) is 17.9. The van der Waals surface area contributed by atoms with Crippen LogP contribution in [0.25, 0.3) is 10.2 Å². The molecule has 7 nitrogen and oxygen atoms in total. The first-order valence-electron chi connectivity index (χ1n) is 8.36. The van der Waals surface area contributed by atoms with Gasteiger partial charge in [-0.2, -0.15) is 0 Å². The molecule has 0 bridgehead atoms. The van der Waals surface area contributed by atoms with Crippen molar-refractivity contribution in [3.8, 4) is 0 Å². The van der Waals surface area contributed by atoms with Gasteiger partial charge in [-0.25, -0.2) is 4.98 Å². The summed E-state index contributed by atoms with van der Waals surface area (Å²) in [5.74, 6) is 0.0158. The zero-order valence-corrected chi connectivity index (χ0v) is 16.6. The van der Waals surface area contributed by atoms with E-state index in [1.54, 1.807) is 12.1 Å². The van der Waals surface area contributed by atoms with Crippen molar-refractivity contribution >= 4 is 54.2 Å². The van der Waals surface area contributed by atoms with Crippen LogP contribution in [0.2, 0.25) is 0 Å². The molecule has 1 aromatic heterocycles. The fraction of sp³-hybridized carbons (Fsp3) is 0.222. The lowest BCUT2D eigenvalue weighted by Crippen LogP contribution is -2.48. The first-order valence-corrected chi connectivity index (χ1v) is 9.97.